The fourth-order valence-electron chi connectivity index (χ4n) is 2.81. The van der Waals surface area contributed by atoms with Crippen molar-refractivity contribution in [3.05, 3.63) is 30.3 Å². The Kier molecular flexibility index (Phi) is 4.28. The molecule has 1 aromatic carbocycles. The van der Waals surface area contributed by atoms with E-state index in [2.05, 4.69) is 67.8 Å². The van der Waals surface area contributed by atoms with Crippen LogP contribution in [0.2, 0.25) is 0 Å². The van der Waals surface area contributed by atoms with Crippen LogP contribution in [0.5, 0.6) is 0 Å². The molecule has 1 aromatic rings. The molecule has 1 aliphatic heterocycles. The van der Waals surface area contributed by atoms with Gasteiger partial charge in [-0.1, -0.05) is 32.0 Å². The van der Waals surface area contributed by atoms with E-state index in [1.165, 1.54) is 18.8 Å². The number of para-hydroxylation sites is 1. The first-order valence-electron chi connectivity index (χ1n) is 7.15. The van der Waals surface area contributed by atoms with Gasteiger partial charge in [-0.05, 0) is 31.9 Å². The van der Waals surface area contributed by atoms with Crippen molar-refractivity contribution in [3.63, 3.8) is 0 Å². The summed E-state index contributed by atoms with van der Waals surface area (Å²) in [5, 5.41) is 0. The number of nitrogens with zero attached hydrogens (tertiary/aromatic N) is 2. The van der Waals surface area contributed by atoms with E-state index >= 15 is 0 Å². The number of hydrogen-bond acceptors (Lipinski definition) is 2. The van der Waals surface area contributed by atoms with Crippen molar-refractivity contribution >= 4 is 5.69 Å². The van der Waals surface area contributed by atoms with Crippen molar-refractivity contribution in [2.75, 3.05) is 24.5 Å². The van der Waals surface area contributed by atoms with Crippen molar-refractivity contribution < 1.29 is 0 Å². The molecule has 2 rings (SSSR count). The molecule has 0 aromatic heterocycles. The van der Waals surface area contributed by atoms with Crippen LogP contribution in [-0.2, 0) is 0 Å². The third-order valence-electron chi connectivity index (χ3n) is 4.04. The van der Waals surface area contributed by atoms with Crippen molar-refractivity contribution in [2.24, 2.45) is 5.92 Å². The molecule has 100 valence electrons. The molecule has 0 amide bonds. The van der Waals surface area contributed by atoms with Gasteiger partial charge in [0, 0.05) is 37.4 Å². The molecule has 18 heavy (non-hydrogen) atoms. The molecule has 0 bridgehead atoms. The van der Waals surface area contributed by atoms with Gasteiger partial charge < -0.3 is 4.90 Å². The highest BCUT2D eigenvalue weighted by molar-refractivity contribution is 5.47. The molecule has 1 fully saturated rings. The van der Waals surface area contributed by atoms with Crippen molar-refractivity contribution in [2.45, 2.75) is 39.8 Å². The number of hydrogen-bond donors (Lipinski definition) is 0. The molecule has 1 unspecified atom stereocenters. The zero-order chi connectivity index (χ0) is 13.1. The van der Waals surface area contributed by atoms with Gasteiger partial charge in [-0.3, -0.25) is 4.90 Å². The van der Waals surface area contributed by atoms with Crippen LogP contribution in [0, 0.1) is 5.92 Å². The summed E-state index contributed by atoms with van der Waals surface area (Å²) in [6.45, 7) is 12.8. The summed E-state index contributed by atoms with van der Waals surface area (Å²) in [6.07, 6.45) is 0. The van der Waals surface area contributed by atoms with Crippen LogP contribution in [0.4, 0.5) is 5.69 Å². The van der Waals surface area contributed by atoms with Gasteiger partial charge in [0.2, 0.25) is 0 Å². The standard InChI is InChI=1S/C16H26N2/c1-13(2)16-12-17(14(3)4)10-11-18(16)15-8-6-5-7-9-15/h5-9,13-14,16H,10-12H2,1-4H3. The molecular weight excluding hydrogens is 220 g/mol. The first-order chi connectivity index (χ1) is 8.59. The topological polar surface area (TPSA) is 6.48 Å². The summed E-state index contributed by atoms with van der Waals surface area (Å²) in [7, 11) is 0. The summed E-state index contributed by atoms with van der Waals surface area (Å²) < 4.78 is 0. The largest absolute Gasteiger partial charge is 0.366 e. The number of piperazine rings is 1. The molecule has 2 nitrogen and oxygen atoms in total. The average molecular weight is 246 g/mol. The second-order valence-electron chi connectivity index (χ2n) is 5.93. The quantitative estimate of drug-likeness (QED) is 0.808. The maximum Gasteiger partial charge on any atom is 0.0440 e. The fraction of sp³-hybridized carbons (Fsp3) is 0.625. The first kappa shape index (κ1) is 13.4. The zero-order valence-electron chi connectivity index (χ0n) is 12.1. The SMILES string of the molecule is CC(C)C1CN(C(C)C)CCN1c1ccccc1. The van der Waals surface area contributed by atoms with Crippen molar-refractivity contribution in [1.29, 1.82) is 0 Å². The Bertz CT molecular complexity index is 359. The second-order valence-corrected chi connectivity index (χ2v) is 5.93. The van der Waals surface area contributed by atoms with Crippen LogP contribution in [0.1, 0.15) is 27.7 Å². The van der Waals surface area contributed by atoms with Crippen LogP contribution in [0.15, 0.2) is 30.3 Å². The maximum absolute atomic E-state index is 2.60. The summed E-state index contributed by atoms with van der Waals surface area (Å²) >= 11 is 0. The summed E-state index contributed by atoms with van der Waals surface area (Å²) in [6, 6.07) is 12.1. The highest BCUT2D eigenvalue weighted by Crippen LogP contribution is 2.25. The molecule has 0 spiro atoms. The Labute approximate surface area is 112 Å². The number of benzene rings is 1. The van der Waals surface area contributed by atoms with Crippen LogP contribution in [0.3, 0.4) is 0 Å². The van der Waals surface area contributed by atoms with Crippen LogP contribution in [-0.4, -0.2) is 36.6 Å². The van der Waals surface area contributed by atoms with Crippen LogP contribution < -0.4 is 4.90 Å². The predicted octanol–water partition coefficient (Wildman–Crippen LogP) is 3.24. The van der Waals surface area contributed by atoms with Crippen LogP contribution >= 0.6 is 0 Å². The Morgan fingerprint density at radius 1 is 1.00 bits per heavy atom. The van der Waals surface area contributed by atoms with Gasteiger partial charge in [0.25, 0.3) is 0 Å². The number of rotatable bonds is 3. The third-order valence-corrected chi connectivity index (χ3v) is 4.04. The maximum atomic E-state index is 2.60. The lowest BCUT2D eigenvalue weighted by molar-refractivity contribution is 0.163. The summed E-state index contributed by atoms with van der Waals surface area (Å²) in [5.41, 5.74) is 1.37. The van der Waals surface area contributed by atoms with Crippen molar-refractivity contribution in [1.82, 2.24) is 4.90 Å². The van der Waals surface area contributed by atoms with Crippen LogP contribution in [0.25, 0.3) is 0 Å². The van der Waals surface area contributed by atoms with E-state index in [1.54, 1.807) is 0 Å². The molecule has 1 aliphatic rings. The molecule has 1 atom stereocenters. The molecule has 0 aliphatic carbocycles. The number of anilines is 1. The van der Waals surface area contributed by atoms with Gasteiger partial charge in [-0.2, -0.15) is 0 Å². The van der Waals surface area contributed by atoms with Gasteiger partial charge in [0.15, 0.2) is 0 Å². The van der Waals surface area contributed by atoms with Gasteiger partial charge >= 0.3 is 0 Å². The van der Waals surface area contributed by atoms with E-state index in [-0.39, 0.29) is 0 Å². The van der Waals surface area contributed by atoms with Crippen molar-refractivity contribution in [3.8, 4) is 0 Å². The lowest BCUT2D eigenvalue weighted by Gasteiger charge is -2.46. The lowest BCUT2D eigenvalue weighted by atomic mass is 9.98. The second kappa shape index (κ2) is 5.75. The van der Waals surface area contributed by atoms with E-state index in [4.69, 9.17) is 0 Å². The predicted molar refractivity (Wildman–Crippen MR) is 79.1 cm³/mol. The summed E-state index contributed by atoms with van der Waals surface area (Å²) in [4.78, 5) is 5.19. The Morgan fingerprint density at radius 3 is 2.22 bits per heavy atom. The highest BCUT2D eigenvalue weighted by Gasteiger charge is 2.30. The van der Waals surface area contributed by atoms with E-state index in [0.717, 1.165) is 6.54 Å². The average Bonchev–Trinajstić information content (AvgIpc) is 2.39. The van der Waals surface area contributed by atoms with E-state index < -0.39 is 0 Å². The molecule has 1 heterocycles. The molecule has 0 N–H and O–H groups in total. The highest BCUT2D eigenvalue weighted by atomic mass is 15.3. The van der Waals surface area contributed by atoms with E-state index in [1.807, 2.05) is 0 Å². The minimum atomic E-state index is 0.628. The first-order valence-corrected chi connectivity index (χ1v) is 7.15. The van der Waals surface area contributed by atoms with Gasteiger partial charge in [0.1, 0.15) is 0 Å². The molecule has 0 saturated carbocycles. The van der Waals surface area contributed by atoms with E-state index in [0.29, 0.717) is 18.0 Å². The normalized spacial score (nSPS) is 21.9. The molecule has 2 heteroatoms. The zero-order valence-corrected chi connectivity index (χ0v) is 12.1. The van der Waals surface area contributed by atoms with E-state index in [9.17, 15) is 0 Å². The van der Waals surface area contributed by atoms with Gasteiger partial charge in [-0.25, -0.2) is 0 Å². The summed E-state index contributed by atoms with van der Waals surface area (Å²) in [5.74, 6) is 0.687. The monoisotopic (exact) mass is 246 g/mol. The molecule has 0 radical (unpaired) electrons. The van der Waals surface area contributed by atoms with Gasteiger partial charge in [0.05, 0.1) is 0 Å². The molecule has 1 saturated heterocycles. The van der Waals surface area contributed by atoms with Gasteiger partial charge in [-0.15, -0.1) is 0 Å². The third kappa shape index (κ3) is 2.86. The Balaban J connectivity index is 2.16. The fourth-order valence-corrected chi connectivity index (χ4v) is 2.81. The minimum absolute atomic E-state index is 0.628. The lowest BCUT2D eigenvalue weighted by Crippen LogP contribution is -2.57. The smallest absolute Gasteiger partial charge is 0.0440 e. The minimum Gasteiger partial charge on any atom is -0.366 e. The Morgan fingerprint density at radius 2 is 1.67 bits per heavy atom. The Hall–Kier alpha value is -1.02. The molecular formula is C16H26N2.